The highest BCUT2D eigenvalue weighted by Crippen LogP contribution is 2.49. The summed E-state index contributed by atoms with van der Waals surface area (Å²) >= 11 is 5.79. The minimum absolute atomic E-state index is 0.285. The number of rotatable bonds is 8. The van der Waals surface area contributed by atoms with Crippen LogP contribution in [0.5, 0.6) is 11.5 Å². The normalized spacial score (nSPS) is 19.2. The lowest BCUT2D eigenvalue weighted by Crippen LogP contribution is -2.28. The van der Waals surface area contributed by atoms with Crippen LogP contribution in [0.1, 0.15) is 47.6 Å². The van der Waals surface area contributed by atoms with Gasteiger partial charge in [-0.1, -0.05) is 70.5 Å². The van der Waals surface area contributed by atoms with Crippen molar-refractivity contribution in [3.63, 3.8) is 0 Å². The first-order valence-electron chi connectivity index (χ1n) is 13.6. The van der Waals surface area contributed by atoms with Crippen LogP contribution < -0.4 is 14.8 Å². The molecular weight excluding hydrogens is 675 g/mol. The molecule has 202 valence electrons. The summed E-state index contributed by atoms with van der Waals surface area (Å²) in [7, 11) is 0. The molecule has 0 radical (unpaired) electrons. The van der Waals surface area contributed by atoms with Crippen LogP contribution in [0.25, 0.3) is 0 Å². The van der Waals surface area contributed by atoms with E-state index in [2.05, 4.69) is 123 Å². The zero-order valence-electron chi connectivity index (χ0n) is 22.2. The van der Waals surface area contributed by atoms with Gasteiger partial charge in [0.15, 0.2) is 11.5 Å². The van der Waals surface area contributed by atoms with Gasteiger partial charge in [-0.3, -0.25) is 4.99 Å². The molecule has 1 N–H and O–H groups in total. The van der Waals surface area contributed by atoms with Crippen molar-refractivity contribution in [3.05, 3.63) is 127 Å². The largest absolute Gasteiger partial charge is 0.490 e. The van der Waals surface area contributed by atoms with Crippen molar-refractivity contribution in [2.24, 2.45) is 10.9 Å². The SMILES string of the molecule is CCOc1cc(C=Nc2ccc([C@@H]3Nc4ccccc4[C@@H]4C=CC[C@@H]43)cc2)cc(I)c1OCc1ccc(Br)cc1. The summed E-state index contributed by atoms with van der Waals surface area (Å²) in [5.74, 6) is 2.50. The highest BCUT2D eigenvalue weighted by molar-refractivity contribution is 14.1. The average molecular weight is 705 g/mol. The molecule has 6 heteroatoms. The second-order valence-electron chi connectivity index (χ2n) is 10.1. The Morgan fingerprint density at radius 2 is 1.80 bits per heavy atom. The molecule has 0 amide bonds. The Kier molecular flexibility index (Phi) is 8.25. The van der Waals surface area contributed by atoms with Gasteiger partial charge >= 0.3 is 0 Å². The number of para-hydroxylation sites is 1. The van der Waals surface area contributed by atoms with E-state index in [1.807, 2.05) is 31.3 Å². The van der Waals surface area contributed by atoms with Crippen molar-refractivity contribution >= 4 is 56.1 Å². The smallest absolute Gasteiger partial charge is 0.175 e. The standard InChI is InChI=1S/C34H30BrIN2O2/c1-2-39-32-19-23(18-30(36)34(32)40-21-22-10-14-25(35)15-11-22)20-37-26-16-12-24(13-17-26)33-29-8-5-7-27(29)28-6-3-4-9-31(28)38-33/h3-7,9-20,27,29,33,38H,2,8,21H2,1H3/t27-,29-,33-/m0/s1. The fourth-order valence-electron chi connectivity index (χ4n) is 5.59. The molecule has 1 heterocycles. The van der Waals surface area contributed by atoms with Crippen LogP contribution in [0.4, 0.5) is 11.4 Å². The van der Waals surface area contributed by atoms with Crippen molar-refractivity contribution < 1.29 is 9.47 Å². The third-order valence-corrected chi connectivity index (χ3v) is 8.84. The molecule has 4 aromatic rings. The van der Waals surface area contributed by atoms with Gasteiger partial charge in [0, 0.05) is 22.3 Å². The molecule has 4 nitrogen and oxygen atoms in total. The van der Waals surface area contributed by atoms with Crippen LogP contribution in [-0.2, 0) is 6.61 Å². The van der Waals surface area contributed by atoms with Gasteiger partial charge in [-0.05, 0) is 107 Å². The third kappa shape index (κ3) is 5.84. The summed E-state index contributed by atoms with van der Waals surface area (Å²) in [6.45, 7) is 3.02. The molecule has 0 bridgehead atoms. The van der Waals surface area contributed by atoms with Gasteiger partial charge in [-0.15, -0.1) is 0 Å². The lowest BCUT2D eigenvalue weighted by molar-refractivity contribution is 0.267. The number of benzene rings is 4. The molecule has 0 saturated carbocycles. The number of hydrogen-bond acceptors (Lipinski definition) is 4. The summed E-state index contributed by atoms with van der Waals surface area (Å²) in [5, 5.41) is 3.81. The zero-order valence-corrected chi connectivity index (χ0v) is 25.9. The maximum Gasteiger partial charge on any atom is 0.175 e. The summed E-state index contributed by atoms with van der Waals surface area (Å²) in [4.78, 5) is 4.78. The van der Waals surface area contributed by atoms with E-state index < -0.39 is 0 Å². The Bertz CT molecular complexity index is 1550. The zero-order chi connectivity index (χ0) is 27.5. The number of nitrogens with zero attached hydrogens (tertiary/aromatic N) is 1. The Balaban J connectivity index is 1.17. The number of aliphatic imine (C=N–C) groups is 1. The molecule has 0 unspecified atom stereocenters. The van der Waals surface area contributed by atoms with Crippen molar-refractivity contribution in [3.8, 4) is 11.5 Å². The lowest BCUT2D eigenvalue weighted by atomic mass is 9.77. The number of ether oxygens (including phenoxy) is 2. The fraction of sp³-hybridized carbons (Fsp3) is 0.206. The predicted octanol–water partition coefficient (Wildman–Crippen LogP) is 9.61. The van der Waals surface area contributed by atoms with Gasteiger partial charge in [0.05, 0.1) is 21.9 Å². The molecule has 1 aliphatic carbocycles. The predicted molar refractivity (Wildman–Crippen MR) is 175 cm³/mol. The molecule has 0 aromatic heterocycles. The lowest BCUT2D eigenvalue weighted by Gasteiger charge is -2.37. The van der Waals surface area contributed by atoms with Crippen molar-refractivity contribution in [2.45, 2.75) is 31.9 Å². The van der Waals surface area contributed by atoms with Gasteiger partial charge in [0.2, 0.25) is 0 Å². The highest BCUT2D eigenvalue weighted by Gasteiger charge is 2.37. The Hall–Kier alpha value is -3.10. The number of anilines is 1. The minimum atomic E-state index is 0.285. The number of allylic oxidation sites excluding steroid dienone is 2. The van der Waals surface area contributed by atoms with Gasteiger partial charge in [0.1, 0.15) is 6.61 Å². The molecule has 0 saturated heterocycles. The van der Waals surface area contributed by atoms with E-state index in [1.54, 1.807) is 0 Å². The molecule has 4 aromatic carbocycles. The summed E-state index contributed by atoms with van der Waals surface area (Å²) < 4.78 is 14.2. The average Bonchev–Trinajstić information content (AvgIpc) is 3.47. The first-order chi connectivity index (χ1) is 19.6. The van der Waals surface area contributed by atoms with E-state index in [-0.39, 0.29) is 6.04 Å². The van der Waals surface area contributed by atoms with Crippen LogP contribution in [0.2, 0.25) is 0 Å². The van der Waals surface area contributed by atoms with E-state index in [0.29, 0.717) is 25.0 Å². The Morgan fingerprint density at radius 1 is 1.00 bits per heavy atom. The van der Waals surface area contributed by atoms with Crippen molar-refractivity contribution in [1.82, 2.24) is 0 Å². The third-order valence-electron chi connectivity index (χ3n) is 7.52. The Morgan fingerprint density at radius 3 is 2.60 bits per heavy atom. The summed E-state index contributed by atoms with van der Waals surface area (Å²) in [6, 6.07) is 29.8. The highest BCUT2D eigenvalue weighted by atomic mass is 127. The van der Waals surface area contributed by atoms with E-state index in [0.717, 1.165) is 42.8 Å². The number of halogens is 2. The quantitative estimate of drug-likeness (QED) is 0.113. The Labute approximate surface area is 257 Å². The van der Waals surface area contributed by atoms with E-state index in [1.165, 1.54) is 16.8 Å². The van der Waals surface area contributed by atoms with Gasteiger partial charge < -0.3 is 14.8 Å². The summed E-state index contributed by atoms with van der Waals surface area (Å²) in [5.41, 5.74) is 6.94. The van der Waals surface area contributed by atoms with E-state index in [9.17, 15) is 0 Å². The molecule has 40 heavy (non-hydrogen) atoms. The number of hydrogen-bond donors (Lipinski definition) is 1. The minimum Gasteiger partial charge on any atom is -0.490 e. The second-order valence-corrected chi connectivity index (χ2v) is 12.2. The molecule has 0 fully saturated rings. The topological polar surface area (TPSA) is 42.8 Å². The summed E-state index contributed by atoms with van der Waals surface area (Å²) in [6.07, 6.45) is 7.70. The molecule has 3 atom stereocenters. The fourth-order valence-corrected chi connectivity index (χ4v) is 6.64. The van der Waals surface area contributed by atoms with Crippen LogP contribution in [0.15, 0.2) is 107 Å². The number of fused-ring (bicyclic) bond motifs is 3. The molecule has 2 aliphatic rings. The van der Waals surface area contributed by atoms with Crippen molar-refractivity contribution in [1.29, 1.82) is 0 Å². The van der Waals surface area contributed by atoms with E-state index in [4.69, 9.17) is 14.5 Å². The first kappa shape index (κ1) is 27.1. The molecule has 0 spiro atoms. The van der Waals surface area contributed by atoms with Crippen LogP contribution >= 0.6 is 38.5 Å². The van der Waals surface area contributed by atoms with Crippen molar-refractivity contribution in [2.75, 3.05) is 11.9 Å². The number of nitrogens with one attached hydrogen (secondary N) is 1. The molecule has 6 rings (SSSR count). The monoisotopic (exact) mass is 704 g/mol. The molecular formula is C34H30BrIN2O2. The van der Waals surface area contributed by atoms with Gasteiger partial charge in [-0.2, -0.15) is 0 Å². The maximum atomic E-state index is 6.18. The first-order valence-corrected chi connectivity index (χ1v) is 15.5. The van der Waals surface area contributed by atoms with Gasteiger partial charge in [-0.25, -0.2) is 0 Å². The van der Waals surface area contributed by atoms with Crippen LogP contribution in [0.3, 0.4) is 0 Å². The molecule has 1 aliphatic heterocycles. The van der Waals surface area contributed by atoms with Gasteiger partial charge in [0.25, 0.3) is 0 Å². The maximum absolute atomic E-state index is 6.18. The van der Waals surface area contributed by atoms with E-state index >= 15 is 0 Å². The second kappa shape index (κ2) is 12.2. The van der Waals surface area contributed by atoms with Crippen LogP contribution in [0, 0.1) is 9.49 Å². The van der Waals surface area contributed by atoms with Crippen LogP contribution in [-0.4, -0.2) is 12.8 Å².